The first kappa shape index (κ1) is 13.0. The van der Waals surface area contributed by atoms with E-state index < -0.39 is 0 Å². The topological polar surface area (TPSA) is 77.4 Å². The van der Waals surface area contributed by atoms with Crippen LogP contribution in [-0.2, 0) is 4.74 Å². The molecule has 0 spiro atoms. The fourth-order valence-corrected chi connectivity index (χ4v) is 2.77. The predicted octanol–water partition coefficient (Wildman–Crippen LogP) is 1.26. The van der Waals surface area contributed by atoms with E-state index in [2.05, 4.69) is 15.0 Å². The molecule has 19 heavy (non-hydrogen) atoms. The summed E-state index contributed by atoms with van der Waals surface area (Å²) in [5.74, 6) is 1.43. The van der Waals surface area contributed by atoms with Gasteiger partial charge in [0.1, 0.15) is 6.10 Å². The van der Waals surface area contributed by atoms with E-state index in [0.29, 0.717) is 17.8 Å². The van der Waals surface area contributed by atoms with Crippen molar-refractivity contribution in [3.05, 3.63) is 11.7 Å². The van der Waals surface area contributed by atoms with Crippen LogP contribution in [0.5, 0.6) is 0 Å². The van der Waals surface area contributed by atoms with Crippen molar-refractivity contribution in [1.82, 2.24) is 15.0 Å². The van der Waals surface area contributed by atoms with Crippen LogP contribution < -0.4 is 5.73 Å². The third kappa shape index (κ3) is 2.52. The van der Waals surface area contributed by atoms with Gasteiger partial charge in [-0.15, -0.1) is 0 Å². The van der Waals surface area contributed by atoms with Crippen LogP contribution in [0.15, 0.2) is 4.52 Å². The molecular weight excluding hydrogens is 244 g/mol. The largest absolute Gasteiger partial charge is 0.367 e. The van der Waals surface area contributed by atoms with Gasteiger partial charge in [-0.25, -0.2) is 0 Å². The molecule has 2 aliphatic rings. The molecule has 0 aromatic carbocycles. The zero-order chi connectivity index (χ0) is 13.4. The minimum atomic E-state index is -0.204. The number of ether oxygens (including phenoxy) is 1. The minimum Gasteiger partial charge on any atom is -0.367 e. The Morgan fingerprint density at radius 3 is 3.05 bits per heavy atom. The predicted molar refractivity (Wildman–Crippen MR) is 69.4 cm³/mol. The van der Waals surface area contributed by atoms with E-state index in [9.17, 15) is 0 Å². The molecule has 2 unspecified atom stereocenters. The lowest BCUT2D eigenvalue weighted by molar-refractivity contribution is -0.0548. The number of hydrogen-bond acceptors (Lipinski definition) is 6. The first-order valence-electron chi connectivity index (χ1n) is 7.10. The van der Waals surface area contributed by atoms with E-state index in [1.165, 1.54) is 12.8 Å². The van der Waals surface area contributed by atoms with Crippen LogP contribution in [0.1, 0.15) is 50.6 Å². The minimum absolute atomic E-state index is 0.0776. The second-order valence-corrected chi connectivity index (χ2v) is 5.87. The summed E-state index contributed by atoms with van der Waals surface area (Å²) in [6.45, 7) is 6.87. The molecule has 2 N–H and O–H groups in total. The van der Waals surface area contributed by atoms with Crippen LogP contribution >= 0.6 is 0 Å². The zero-order valence-electron chi connectivity index (χ0n) is 11.6. The molecule has 2 aliphatic heterocycles. The van der Waals surface area contributed by atoms with Crippen molar-refractivity contribution >= 4 is 0 Å². The van der Waals surface area contributed by atoms with Crippen molar-refractivity contribution in [3.63, 3.8) is 0 Å². The number of nitrogens with zero attached hydrogens (tertiary/aromatic N) is 3. The molecule has 0 amide bonds. The van der Waals surface area contributed by atoms with Gasteiger partial charge in [0.25, 0.3) is 0 Å². The third-order valence-electron chi connectivity index (χ3n) is 4.14. The van der Waals surface area contributed by atoms with Crippen LogP contribution in [0.4, 0.5) is 0 Å². The molecule has 0 bridgehead atoms. The number of morpholine rings is 1. The molecule has 6 nitrogen and oxygen atoms in total. The van der Waals surface area contributed by atoms with E-state index >= 15 is 0 Å². The first-order chi connectivity index (χ1) is 9.15. The maximum absolute atomic E-state index is 6.02. The van der Waals surface area contributed by atoms with Crippen molar-refractivity contribution in [2.24, 2.45) is 11.7 Å². The fraction of sp³-hybridized carbons (Fsp3) is 0.846. The SMILES string of the molecule is CC(C)[C@@H](N)c1nc(C2CN3CCCC3CO2)no1. The quantitative estimate of drug-likeness (QED) is 0.887. The number of rotatable bonds is 3. The maximum atomic E-state index is 6.02. The van der Waals surface area contributed by atoms with Gasteiger partial charge >= 0.3 is 0 Å². The van der Waals surface area contributed by atoms with Crippen molar-refractivity contribution in [3.8, 4) is 0 Å². The van der Waals surface area contributed by atoms with Crippen LogP contribution in [-0.4, -0.2) is 40.8 Å². The van der Waals surface area contributed by atoms with Crippen molar-refractivity contribution < 1.29 is 9.26 Å². The average Bonchev–Trinajstić information content (AvgIpc) is 3.05. The second kappa shape index (κ2) is 5.19. The normalized spacial score (nSPS) is 29.7. The van der Waals surface area contributed by atoms with Gasteiger partial charge in [0, 0.05) is 12.6 Å². The molecule has 3 heterocycles. The summed E-state index contributed by atoms with van der Waals surface area (Å²) in [7, 11) is 0. The monoisotopic (exact) mass is 266 g/mol. The Hall–Kier alpha value is -0.980. The molecule has 0 saturated carbocycles. The van der Waals surface area contributed by atoms with E-state index in [1.807, 2.05) is 13.8 Å². The fourth-order valence-electron chi connectivity index (χ4n) is 2.77. The van der Waals surface area contributed by atoms with E-state index in [1.54, 1.807) is 0 Å². The summed E-state index contributed by atoms with van der Waals surface area (Å²) in [4.78, 5) is 6.88. The molecule has 6 heteroatoms. The van der Waals surface area contributed by atoms with Gasteiger partial charge in [0.05, 0.1) is 12.6 Å². The van der Waals surface area contributed by atoms with Crippen LogP contribution in [0.2, 0.25) is 0 Å². The lowest BCUT2D eigenvalue weighted by Gasteiger charge is -2.33. The number of aromatic nitrogens is 2. The molecule has 0 aliphatic carbocycles. The van der Waals surface area contributed by atoms with Gasteiger partial charge in [-0.1, -0.05) is 19.0 Å². The number of nitrogens with two attached hydrogens (primary N) is 1. The van der Waals surface area contributed by atoms with E-state index in [0.717, 1.165) is 19.7 Å². The Bertz CT molecular complexity index is 434. The average molecular weight is 266 g/mol. The highest BCUT2D eigenvalue weighted by Gasteiger charge is 2.35. The van der Waals surface area contributed by atoms with Crippen molar-refractivity contribution in [2.75, 3.05) is 19.7 Å². The van der Waals surface area contributed by atoms with E-state index in [4.69, 9.17) is 15.0 Å². The molecule has 0 radical (unpaired) electrons. The second-order valence-electron chi connectivity index (χ2n) is 5.87. The standard InChI is InChI=1S/C13H22N4O2/c1-8(2)11(14)13-15-12(16-19-13)10-6-17-5-3-4-9(17)7-18-10/h8-11H,3-7,14H2,1-2H3/t9?,10?,11-/m1/s1. The Labute approximate surface area is 113 Å². The molecule has 3 atom stereocenters. The van der Waals surface area contributed by atoms with Gasteiger partial charge in [-0.3, -0.25) is 4.90 Å². The Balaban J connectivity index is 1.69. The summed E-state index contributed by atoms with van der Waals surface area (Å²) in [5, 5.41) is 4.04. The Morgan fingerprint density at radius 1 is 1.42 bits per heavy atom. The van der Waals surface area contributed by atoms with Crippen molar-refractivity contribution in [2.45, 2.75) is 44.9 Å². The summed E-state index contributed by atoms with van der Waals surface area (Å²) >= 11 is 0. The molecule has 1 aromatic rings. The Kier molecular flexibility index (Phi) is 3.56. The van der Waals surface area contributed by atoms with Crippen LogP contribution in [0.25, 0.3) is 0 Å². The lowest BCUT2D eigenvalue weighted by atomic mass is 10.1. The van der Waals surface area contributed by atoms with Crippen LogP contribution in [0.3, 0.4) is 0 Å². The third-order valence-corrected chi connectivity index (χ3v) is 4.14. The molecule has 2 fully saturated rings. The van der Waals surface area contributed by atoms with Gasteiger partial charge in [0.2, 0.25) is 11.7 Å². The molecule has 2 saturated heterocycles. The first-order valence-corrected chi connectivity index (χ1v) is 7.10. The van der Waals surface area contributed by atoms with Gasteiger partial charge < -0.3 is 15.0 Å². The van der Waals surface area contributed by atoms with Gasteiger partial charge in [0.15, 0.2) is 0 Å². The highest BCUT2D eigenvalue weighted by Crippen LogP contribution is 2.29. The lowest BCUT2D eigenvalue weighted by Crippen LogP contribution is -2.42. The summed E-state index contributed by atoms with van der Waals surface area (Å²) < 4.78 is 11.1. The molecule has 3 rings (SSSR count). The summed E-state index contributed by atoms with van der Waals surface area (Å²) in [5.41, 5.74) is 6.02. The highest BCUT2D eigenvalue weighted by atomic mass is 16.5. The Morgan fingerprint density at radius 2 is 2.26 bits per heavy atom. The van der Waals surface area contributed by atoms with Gasteiger partial charge in [-0.05, 0) is 25.3 Å². The molecule has 1 aromatic heterocycles. The molecular formula is C13H22N4O2. The zero-order valence-corrected chi connectivity index (χ0v) is 11.6. The van der Waals surface area contributed by atoms with Crippen LogP contribution in [0, 0.1) is 5.92 Å². The van der Waals surface area contributed by atoms with E-state index in [-0.39, 0.29) is 18.1 Å². The molecule has 106 valence electrons. The highest BCUT2D eigenvalue weighted by molar-refractivity contribution is 4.99. The smallest absolute Gasteiger partial charge is 0.243 e. The summed E-state index contributed by atoms with van der Waals surface area (Å²) in [6.07, 6.45) is 2.42. The van der Waals surface area contributed by atoms with Gasteiger partial charge in [-0.2, -0.15) is 4.98 Å². The number of hydrogen-bond donors (Lipinski definition) is 1. The van der Waals surface area contributed by atoms with Crippen molar-refractivity contribution in [1.29, 1.82) is 0 Å². The maximum Gasteiger partial charge on any atom is 0.243 e. The number of fused-ring (bicyclic) bond motifs is 1. The summed E-state index contributed by atoms with van der Waals surface area (Å²) in [6, 6.07) is 0.380.